The average molecular weight is 444 g/mol. The molecular weight excluding hydrogens is 425 g/mol. The first kappa shape index (κ1) is 20.8. The zero-order valence-corrected chi connectivity index (χ0v) is 17.1. The Labute approximate surface area is 182 Å². The van der Waals surface area contributed by atoms with Crippen molar-refractivity contribution >= 4 is 29.2 Å². The topological polar surface area (TPSA) is 100 Å². The van der Waals surface area contributed by atoms with E-state index in [1.54, 1.807) is 41.3 Å². The normalized spacial score (nSPS) is 15.9. The molecule has 1 aliphatic rings. The van der Waals surface area contributed by atoms with Gasteiger partial charge in [0.2, 0.25) is 11.8 Å². The minimum Gasteiger partial charge on any atom is -0.338 e. The summed E-state index contributed by atoms with van der Waals surface area (Å²) in [4.78, 5) is 30.3. The van der Waals surface area contributed by atoms with Crippen molar-refractivity contribution in [2.24, 2.45) is 0 Å². The Balaban J connectivity index is 1.29. The van der Waals surface area contributed by atoms with Crippen molar-refractivity contribution in [3.05, 3.63) is 76.6 Å². The molecule has 2 N–H and O–H groups in total. The minimum absolute atomic E-state index is 0.0281. The molecule has 0 bridgehead atoms. The maximum atomic E-state index is 13.1. The highest BCUT2D eigenvalue weighted by Gasteiger charge is 2.33. The molecule has 1 fully saturated rings. The quantitative estimate of drug-likeness (QED) is 0.605. The van der Waals surface area contributed by atoms with Gasteiger partial charge in [0.25, 0.3) is 0 Å². The van der Waals surface area contributed by atoms with Gasteiger partial charge in [0, 0.05) is 36.1 Å². The van der Waals surface area contributed by atoms with E-state index in [4.69, 9.17) is 16.1 Å². The molecule has 1 saturated heterocycles. The molecule has 2 heterocycles. The Bertz CT molecular complexity index is 1090. The van der Waals surface area contributed by atoms with E-state index in [0.29, 0.717) is 29.6 Å². The first-order valence-electron chi connectivity index (χ1n) is 9.61. The zero-order valence-electron chi connectivity index (χ0n) is 16.3. The van der Waals surface area contributed by atoms with Crippen LogP contribution in [0.3, 0.4) is 0 Å². The van der Waals surface area contributed by atoms with Crippen LogP contribution in [-0.4, -0.2) is 33.5 Å². The predicted octanol–water partition coefficient (Wildman–Crippen LogP) is 3.70. The van der Waals surface area contributed by atoms with Crippen molar-refractivity contribution < 1.29 is 18.5 Å². The number of rotatable bonds is 6. The lowest BCUT2D eigenvalue weighted by atomic mass is 10.1. The monoisotopic (exact) mass is 443 g/mol. The summed E-state index contributed by atoms with van der Waals surface area (Å²) >= 11 is 5.89. The van der Waals surface area contributed by atoms with Crippen LogP contribution in [0.5, 0.6) is 0 Å². The molecule has 8 nitrogen and oxygen atoms in total. The first-order valence-corrected chi connectivity index (χ1v) is 9.99. The third kappa shape index (κ3) is 5.37. The summed E-state index contributed by atoms with van der Waals surface area (Å²) in [5.41, 5.74) is 1.40. The van der Waals surface area contributed by atoms with Gasteiger partial charge in [-0.3, -0.25) is 4.79 Å². The van der Waals surface area contributed by atoms with Crippen LogP contribution in [0.15, 0.2) is 53.1 Å². The lowest BCUT2D eigenvalue weighted by molar-refractivity contribution is -0.128. The van der Waals surface area contributed by atoms with E-state index >= 15 is 0 Å². The molecule has 2 aromatic carbocycles. The van der Waals surface area contributed by atoms with Gasteiger partial charge in [-0.05, 0) is 35.9 Å². The second-order valence-electron chi connectivity index (χ2n) is 7.17. The van der Waals surface area contributed by atoms with Gasteiger partial charge >= 0.3 is 6.03 Å². The molecule has 160 valence electrons. The molecular formula is C21H19ClFN5O3. The van der Waals surface area contributed by atoms with E-state index < -0.39 is 6.03 Å². The summed E-state index contributed by atoms with van der Waals surface area (Å²) < 4.78 is 18.3. The second kappa shape index (κ2) is 9.13. The Morgan fingerprint density at radius 1 is 1.26 bits per heavy atom. The van der Waals surface area contributed by atoms with E-state index in [1.165, 1.54) is 12.1 Å². The van der Waals surface area contributed by atoms with Crippen molar-refractivity contribution in [1.82, 2.24) is 20.4 Å². The van der Waals surface area contributed by atoms with Crippen LogP contribution < -0.4 is 10.6 Å². The van der Waals surface area contributed by atoms with Crippen LogP contribution in [0.2, 0.25) is 5.02 Å². The molecule has 1 atom stereocenters. The maximum absolute atomic E-state index is 13.1. The summed E-state index contributed by atoms with van der Waals surface area (Å²) in [5, 5.41) is 9.75. The van der Waals surface area contributed by atoms with Crippen LogP contribution in [-0.2, 0) is 17.9 Å². The van der Waals surface area contributed by atoms with Gasteiger partial charge in [-0.15, -0.1) is 0 Å². The first-order chi connectivity index (χ1) is 15.0. The molecule has 1 unspecified atom stereocenters. The SMILES string of the molecule is O=C(NCc1nc(C2CC(=O)N(Cc3ccc(F)cc3)C2)no1)Nc1cccc(Cl)c1. The van der Waals surface area contributed by atoms with Crippen molar-refractivity contribution in [1.29, 1.82) is 0 Å². The fourth-order valence-electron chi connectivity index (χ4n) is 3.31. The maximum Gasteiger partial charge on any atom is 0.319 e. The van der Waals surface area contributed by atoms with Gasteiger partial charge in [-0.1, -0.05) is 35.0 Å². The molecule has 31 heavy (non-hydrogen) atoms. The van der Waals surface area contributed by atoms with Gasteiger partial charge in [0.1, 0.15) is 5.82 Å². The number of halogens is 2. The lowest BCUT2D eigenvalue weighted by Gasteiger charge is -2.16. The van der Waals surface area contributed by atoms with Gasteiger partial charge in [0.05, 0.1) is 6.54 Å². The molecule has 1 aliphatic heterocycles. The molecule has 0 spiro atoms. The van der Waals surface area contributed by atoms with Crippen LogP contribution >= 0.6 is 11.6 Å². The number of likely N-dealkylation sites (tertiary alicyclic amines) is 1. The lowest BCUT2D eigenvalue weighted by Crippen LogP contribution is -2.28. The molecule has 10 heteroatoms. The molecule has 3 aromatic rings. The van der Waals surface area contributed by atoms with E-state index in [9.17, 15) is 14.0 Å². The average Bonchev–Trinajstić information content (AvgIpc) is 3.35. The molecule has 0 radical (unpaired) electrons. The number of nitrogens with zero attached hydrogens (tertiary/aromatic N) is 3. The van der Waals surface area contributed by atoms with Crippen LogP contribution in [0.1, 0.15) is 29.6 Å². The van der Waals surface area contributed by atoms with Crippen LogP contribution in [0.25, 0.3) is 0 Å². The summed E-state index contributed by atoms with van der Waals surface area (Å²) in [6, 6.07) is 12.4. The number of benzene rings is 2. The van der Waals surface area contributed by atoms with Crippen LogP contribution in [0, 0.1) is 5.82 Å². The van der Waals surface area contributed by atoms with Crippen molar-refractivity contribution in [2.45, 2.75) is 25.4 Å². The number of aromatic nitrogens is 2. The van der Waals surface area contributed by atoms with E-state index in [0.717, 1.165) is 5.56 Å². The van der Waals surface area contributed by atoms with Crippen LogP contribution in [0.4, 0.5) is 14.9 Å². The Morgan fingerprint density at radius 2 is 2.06 bits per heavy atom. The van der Waals surface area contributed by atoms with Crippen molar-refractivity contribution in [2.75, 3.05) is 11.9 Å². The number of anilines is 1. The Hall–Kier alpha value is -3.46. The molecule has 0 aliphatic carbocycles. The standard InChI is InChI=1S/C21H19ClFN5O3/c22-15-2-1-3-17(9-15)25-21(30)24-10-18-26-20(27-31-18)14-8-19(29)28(12-14)11-13-4-6-16(23)7-5-13/h1-7,9,14H,8,10-12H2,(H2,24,25,30). The highest BCUT2D eigenvalue weighted by molar-refractivity contribution is 6.30. The van der Waals surface area contributed by atoms with E-state index in [1.807, 2.05) is 0 Å². The van der Waals surface area contributed by atoms with Crippen molar-refractivity contribution in [3.63, 3.8) is 0 Å². The van der Waals surface area contributed by atoms with Gasteiger partial charge in [0.15, 0.2) is 5.82 Å². The third-order valence-corrected chi connectivity index (χ3v) is 5.07. The van der Waals surface area contributed by atoms with E-state index in [-0.39, 0.29) is 36.5 Å². The fraction of sp³-hybridized carbons (Fsp3) is 0.238. The number of carbonyl (C=O) groups excluding carboxylic acids is 2. The zero-order chi connectivity index (χ0) is 21.8. The van der Waals surface area contributed by atoms with Gasteiger partial charge in [-0.2, -0.15) is 4.98 Å². The number of hydrogen-bond donors (Lipinski definition) is 2. The minimum atomic E-state index is -0.441. The number of carbonyl (C=O) groups is 2. The highest BCUT2D eigenvalue weighted by Crippen LogP contribution is 2.27. The van der Waals surface area contributed by atoms with E-state index in [2.05, 4.69) is 20.8 Å². The molecule has 0 saturated carbocycles. The van der Waals surface area contributed by atoms with Gasteiger partial charge in [-0.25, -0.2) is 9.18 Å². The predicted molar refractivity (Wildman–Crippen MR) is 111 cm³/mol. The summed E-state index contributed by atoms with van der Waals surface area (Å²) in [5.74, 6) is 0.108. The van der Waals surface area contributed by atoms with Crippen molar-refractivity contribution in [3.8, 4) is 0 Å². The fourth-order valence-corrected chi connectivity index (χ4v) is 3.50. The largest absolute Gasteiger partial charge is 0.338 e. The number of hydrogen-bond acceptors (Lipinski definition) is 5. The third-order valence-electron chi connectivity index (χ3n) is 4.83. The number of amides is 3. The number of urea groups is 1. The Morgan fingerprint density at radius 3 is 2.84 bits per heavy atom. The molecule has 4 rings (SSSR count). The second-order valence-corrected chi connectivity index (χ2v) is 7.60. The smallest absolute Gasteiger partial charge is 0.319 e. The Kier molecular flexibility index (Phi) is 6.13. The summed E-state index contributed by atoms with van der Waals surface area (Å²) in [6.07, 6.45) is 0.267. The highest BCUT2D eigenvalue weighted by atomic mass is 35.5. The molecule has 1 aromatic heterocycles. The van der Waals surface area contributed by atoms with Gasteiger partial charge < -0.3 is 20.1 Å². The number of nitrogens with one attached hydrogen (secondary N) is 2. The molecule has 3 amide bonds. The summed E-state index contributed by atoms with van der Waals surface area (Å²) in [6.45, 7) is 0.878. The summed E-state index contributed by atoms with van der Waals surface area (Å²) in [7, 11) is 0.